The molecule has 1 fully saturated rings. The fourth-order valence-electron chi connectivity index (χ4n) is 2.77. The summed E-state index contributed by atoms with van der Waals surface area (Å²) in [5, 5.41) is 10.6. The summed E-state index contributed by atoms with van der Waals surface area (Å²) in [5.74, 6) is -1.43. The van der Waals surface area contributed by atoms with Crippen molar-refractivity contribution < 1.29 is 13.9 Å². The Balaban J connectivity index is 2.03. The molecule has 1 nitrogen and oxygen atoms in total. The number of halogens is 3. The van der Waals surface area contributed by atoms with Crippen molar-refractivity contribution in [2.24, 2.45) is 0 Å². The van der Waals surface area contributed by atoms with Crippen LogP contribution in [0.5, 0.6) is 0 Å². The lowest BCUT2D eigenvalue weighted by atomic mass is 9.77. The molecule has 110 valence electrons. The fraction of sp³-hybridized carbons (Fsp3) is 0.294. The van der Waals surface area contributed by atoms with E-state index >= 15 is 0 Å². The van der Waals surface area contributed by atoms with E-state index in [1.165, 1.54) is 12.5 Å². The molecule has 21 heavy (non-hydrogen) atoms. The Labute approximate surface area is 130 Å². The molecule has 0 aliphatic heterocycles. The van der Waals surface area contributed by atoms with Crippen molar-refractivity contribution in [1.29, 1.82) is 0 Å². The lowest BCUT2D eigenvalue weighted by Crippen LogP contribution is -2.14. The van der Waals surface area contributed by atoms with E-state index in [9.17, 15) is 13.9 Å². The number of benzene rings is 2. The molecule has 1 unspecified atom stereocenters. The molecule has 2 aromatic carbocycles. The van der Waals surface area contributed by atoms with E-state index in [-0.39, 0.29) is 4.47 Å². The van der Waals surface area contributed by atoms with Gasteiger partial charge in [-0.25, -0.2) is 8.78 Å². The summed E-state index contributed by atoms with van der Waals surface area (Å²) in [6.07, 6.45) is 2.46. The molecule has 0 heterocycles. The van der Waals surface area contributed by atoms with Gasteiger partial charge in [-0.3, -0.25) is 0 Å². The summed E-state index contributed by atoms with van der Waals surface area (Å²) >= 11 is 3.05. The van der Waals surface area contributed by atoms with Crippen molar-refractivity contribution in [1.82, 2.24) is 0 Å². The number of hydrogen-bond acceptors (Lipinski definition) is 1. The van der Waals surface area contributed by atoms with E-state index in [0.29, 0.717) is 11.5 Å². The third kappa shape index (κ3) is 2.62. The van der Waals surface area contributed by atoms with Gasteiger partial charge < -0.3 is 5.11 Å². The summed E-state index contributed by atoms with van der Waals surface area (Å²) in [6.45, 7) is 0. The van der Waals surface area contributed by atoms with E-state index in [2.05, 4.69) is 15.9 Å². The second kappa shape index (κ2) is 5.85. The van der Waals surface area contributed by atoms with Gasteiger partial charge in [-0.05, 0) is 51.9 Å². The van der Waals surface area contributed by atoms with Crippen molar-refractivity contribution in [3.63, 3.8) is 0 Å². The highest BCUT2D eigenvalue weighted by molar-refractivity contribution is 9.10. The molecule has 0 saturated heterocycles. The molecule has 0 aromatic heterocycles. The highest BCUT2D eigenvalue weighted by atomic mass is 79.9. The van der Waals surface area contributed by atoms with Crippen LogP contribution in [0, 0.1) is 11.6 Å². The van der Waals surface area contributed by atoms with Crippen LogP contribution >= 0.6 is 15.9 Å². The minimum atomic E-state index is -0.966. The monoisotopic (exact) mass is 352 g/mol. The van der Waals surface area contributed by atoms with Crippen molar-refractivity contribution in [2.45, 2.75) is 31.3 Å². The predicted molar refractivity (Wildman–Crippen MR) is 81.2 cm³/mol. The largest absolute Gasteiger partial charge is 0.384 e. The van der Waals surface area contributed by atoms with E-state index in [1.54, 1.807) is 0 Å². The third-order valence-corrected chi connectivity index (χ3v) is 5.00. The predicted octanol–water partition coefficient (Wildman–Crippen LogP) is 5.08. The minimum absolute atomic E-state index is 0.0154. The van der Waals surface area contributed by atoms with Gasteiger partial charge in [-0.2, -0.15) is 0 Å². The average Bonchev–Trinajstić information content (AvgIpc) is 2.43. The van der Waals surface area contributed by atoms with Crippen LogP contribution in [0.1, 0.15) is 48.0 Å². The normalized spacial score (nSPS) is 16.6. The second-order valence-electron chi connectivity index (χ2n) is 5.42. The molecule has 1 aliphatic rings. The Bertz CT molecular complexity index is 668. The topological polar surface area (TPSA) is 20.2 Å². The van der Waals surface area contributed by atoms with Gasteiger partial charge in [-0.15, -0.1) is 0 Å². The van der Waals surface area contributed by atoms with Crippen LogP contribution in [0.4, 0.5) is 8.78 Å². The molecule has 1 aliphatic carbocycles. The van der Waals surface area contributed by atoms with Gasteiger partial charge in [0.05, 0.1) is 4.47 Å². The van der Waals surface area contributed by atoms with Crippen LogP contribution in [0.3, 0.4) is 0 Å². The van der Waals surface area contributed by atoms with Crippen LogP contribution in [-0.2, 0) is 0 Å². The Hall–Kier alpha value is -1.26. The zero-order chi connectivity index (χ0) is 15.0. The molecule has 4 heteroatoms. The van der Waals surface area contributed by atoms with Crippen molar-refractivity contribution in [3.05, 3.63) is 69.2 Å². The van der Waals surface area contributed by atoms with Crippen LogP contribution < -0.4 is 0 Å². The molecule has 1 atom stereocenters. The molecule has 2 aromatic rings. The van der Waals surface area contributed by atoms with Crippen molar-refractivity contribution >= 4 is 15.9 Å². The van der Waals surface area contributed by atoms with E-state index in [4.69, 9.17) is 0 Å². The first-order chi connectivity index (χ1) is 10.1. The Kier molecular flexibility index (Phi) is 4.09. The standard InChI is InChI=1S/C17H15BrF2O/c18-15-13(8-9-14(19)16(15)20)17(21)12-7-2-1-6-11(12)10-4-3-5-10/h1-2,6-10,17,21H,3-5H2. The zero-order valence-electron chi connectivity index (χ0n) is 11.3. The van der Waals surface area contributed by atoms with E-state index < -0.39 is 17.7 Å². The molecule has 0 bridgehead atoms. The Morgan fingerprint density at radius 1 is 1.05 bits per heavy atom. The highest BCUT2D eigenvalue weighted by Gasteiger charge is 2.26. The summed E-state index contributed by atoms with van der Waals surface area (Å²) in [4.78, 5) is 0. The summed E-state index contributed by atoms with van der Waals surface area (Å²) < 4.78 is 26.9. The molecular formula is C17H15BrF2O. The lowest BCUT2D eigenvalue weighted by Gasteiger charge is -2.29. The van der Waals surface area contributed by atoms with Gasteiger partial charge in [0, 0.05) is 5.56 Å². The first-order valence-corrected chi connectivity index (χ1v) is 7.79. The first kappa shape index (κ1) is 14.7. The van der Waals surface area contributed by atoms with E-state index in [0.717, 1.165) is 30.0 Å². The van der Waals surface area contributed by atoms with Crippen molar-refractivity contribution in [3.8, 4) is 0 Å². The van der Waals surface area contributed by atoms with Gasteiger partial charge in [0.1, 0.15) is 6.10 Å². The lowest BCUT2D eigenvalue weighted by molar-refractivity contribution is 0.215. The summed E-state index contributed by atoms with van der Waals surface area (Å²) in [7, 11) is 0. The maximum Gasteiger partial charge on any atom is 0.173 e. The van der Waals surface area contributed by atoms with Gasteiger partial charge in [0.2, 0.25) is 0 Å². The zero-order valence-corrected chi connectivity index (χ0v) is 12.9. The molecule has 3 rings (SSSR count). The first-order valence-electron chi connectivity index (χ1n) is 7.00. The van der Waals surface area contributed by atoms with Crippen LogP contribution in [-0.4, -0.2) is 5.11 Å². The molecule has 1 N–H and O–H groups in total. The average molecular weight is 353 g/mol. The van der Waals surface area contributed by atoms with Crippen LogP contribution in [0.2, 0.25) is 0 Å². The quantitative estimate of drug-likeness (QED) is 0.764. The smallest absolute Gasteiger partial charge is 0.173 e. The number of rotatable bonds is 3. The third-order valence-electron chi connectivity index (χ3n) is 4.20. The SMILES string of the molecule is OC(c1ccccc1C1CCC1)c1ccc(F)c(F)c1Br. The van der Waals surface area contributed by atoms with Gasteiger partial charge in [0.25, 0.3) is 0 Å². The molecular weight excluding hydrogens is 338 g/mol. The molecule has 0 amide bonds. The molecule has 1 saturated carbocycles. The number of aliphatic hydroxyl groups is 1. The Morgan fingerprint density at radius 3 is 2.43 bits per heavy atom. The van der Waals surface area contributed by atoms with Crippen molar-refractivity contribution in [2.75, 3.05) is 0 Å². The molecule has 0 radical (unpaired) electrons. The van der Waals surface area contributed by atoms with Crippen LogP contribution in [0.15, 0.2) is 40.9 Å². The summed E-state index contributed by atoms with van der Waals surface area (Å²) in [6, 6.07) is 10.1. The van der Waals surface area contributed by atoms with Gasteiger partial charge >= 0.3 is 0 Å². The maximum absolute atomic E-state index is 13.7. The highest BCUT2D eigenvalue weighted by Crippen LogP contribution is 2.41. The minimum Gasteiger partial charge on any atom is -0.384 e. The number of hydrogen-bond donors (Lipinski definition) is 1. The Morgan fingerprint density at radius 2 is 1.76 bits per heavy atom. The maximum atomic E-state index is 13.7. The number of aliphatic hydroxyl groups excluding tert-OH is 1. The van der Waals surface area contributed by atoms with Crippen LogP contribution in [0.25, 0.3) is 0 Å². The van der Waals surface area contributed by atoms with Gasteiger partial charge in [0.15, 0.2) is 11.6 Å². The van der Waals surface area contributed by atoms with E-state index in [1.807, 2.05) is 24.3 Å². The van der Waals surface area contributed by atoms with Gasteiger partial charge in [-0.1, -0.05) is 36.8 Å². The summed E-state index contributed by atoms with van der Waals surface area (Å²) in [5.41, 5.74) is 2.22. The second-order valence-corrected chi connectivity index (χ2v) is 6.22. The fourth-order valence-corrected chi connectivity index (χ4v) is 3.31. The molecule has 0 spiro atoms.